The van der Waals surface area contributed by atoms with E-state index in [2.05, 4.69) is 25.9 Å². The molecule has 156 valence electrons. The number of hydrogen-bond acceptors (Lipinski definition) is 8. The predicted molar refractivity (Wildman–Crippen MR) is 120 cm³/mol. The van der Waals surface area contributed by atoms with Crippen molar-refractivity contribution in [2.45, 2.75) is 6.92 Å². The molecule has 0 radical (unpaired) electrons. The molecule has 0 aliphatic carbocycles. The average Bonchev–Trinajstić information content (AvgIpc) is 3.35. The quantitative estimate of drug-likeness (QED) is 0.457. The Bertz CT molecular complexity index is 1320. The van der Waals surface area contributed by atoms with Gasteiger partial charge in [0.1, 0.15) is 18.2 Å². The molecule has 4 aromatic rings. The van der Waals surface area contributed by atoms with Gasteiger partial charge >= 0.3 is 0 Å². The fourth-order valence-corrected chi connectivity index (χ4v) is 4.18. The Hall–Kier alpha value is -3.57. The van der Waals surface area contributed by atoms with Crippen LogP contribution in [0.5, 0.6) is 11.5 Å². The number of nitrogens with one attached hydrogen (secondary N) is 2. The first-order valence-electron chi connectivity index (χ1n) is 9.38. The number of aromatic nitrogens is 4. The first-order chi connectivity index (χ1) is 15.1. The summed E-state index contributed by atoms with van der Waals surface area (Å²) in [5, 5.41) is 19.4. The third kappa shape index (κ3) is 3.92. The van der Waals surface area contributed by atoms with Crippen LogP contribution in [-0.4, -0.2) is 44.0 Å². The van der Waals surface area contributed by atoms with E-state index in [9.17, 15) is 4.79 Å². The van der Waals surface area contributed by atoms with E-state index in [0.717, 1.165) is 27.0 Å². The maximum atomic E-state index is 12.6. The Morgan fingerprint density at radius 3 is 2.81 bits per heavy atom. The number of anilines is 1. The highest BCUT2D eigenvalue weighted by Crippen LogP contribution is 2.31. The molecule has 1 aliphatic heterocycles. The van der Waals surface area contributed by atoms with Gasteiger partial charge in [-0.15, -0.1) is 10.2 Å². The third-order valence-corrected chi connectivity index (χ3v) is 5.70. The molecule has 31 heavy (non-hydrogen) atoms. The van der Waals surface area contributed by atoms with Gasteiger partial charge in [0.05, 0.1) is 0 Å². The fraction of sp³-hybridized carbons (Fsp3) is 0.150. The highest BCUT2D eigenvalue weighted by atomic mass is 32.1. The van der Waals surface area contributed by atoms with Gasteiger partial charge in [0.15, 0.2) is 22.4 Å². The monoisotopic (exact) mass is 452 g/mol. The van der Waals surface area contributed by atoms with Crippen LogP contribution in [0.4, 0.5) is 5.69 Å². The van der Waals surface area contributed by atoms with Crippen LogP contribution in [0.2, 0.25) is 0 Å². The molecule has 2 N–H and O–H groups in total. The molecule has 0 saturated carbocycles. The molecule has 2 aromatic carbocycles. The van der Waals surface area contributed by atoms with Gasteiger partial charge in [-0.3, -0.25) is 10.1 Å². The van der Waals surface area contributed by atoms with Gasteiger partial charge in [0, 0.05) is 16.8 Å². The number of amides is 1. The lowest BCUT2D eigenvalue weighted by Gasteiger charge is -2.18. The Morgan fingerprint density at radius 1 is 1.13 bits per heavy atom. The van der Waals surface area contributed by atoms with Gasteiger partial charge in [-0.25, -0.2) is 0 Å². The van der Waals surface area contributed by atoms with Gasteiger partial charge < -0.3 is 14.8 Å². The lowest BCUT2D eigenvalue weighted by molar-refractivity contribution is 0.0976. The van der Waals surface area contributed by atoms with Crippen LogP contribution in [0.1, 0.15) is 16.2 Å². The number of nitrogens with zero attached hydrogens (tertiary/aromatic N) is 4. The lowest BCUT2D eigenvalue weighted by Crippen LogP contribution is -2.34. The van der Waals surface area contributed by atoms with E-state index in [4.69, 9.17) is 21.7 Å². The molecule has 0 bridgehead atoms. The standard InChI is InChI=1S/C20H16N6O3S2/c1-11-23-24-20-26(11)25-18(31-20)13-3-2-4-14(9-13)21-19(30)22-17(27)12-5-6-15-16(10-12)29-8-7-28-15/h2-6,9-10H,7-8H2,1H3,(H2,21,22,27,30). The summed E-state index contributed by atoms with van der Waals surface area (Å²) in [6.45, 7) is 2.80. The molecule has 11 heteroatoms. The van der Waals surface area contributed by atoms with E-state index in [0.29, 0.717) is 30.3 Å². The summed E-state index contributed by atoms with van der Waals surface area (Å²) in [7, 11) is 0. The van der Waals surface area contributed by atoms with Crippen LogP contribution >= 0.6 is 23.6 Å². The molecule has 1 amide bonds. The van der Waals surface area contributed by atoms with Gasteiger partial charge in [-0.05, 0) is 49.5 Å². The number of ether oxygens (including phenoxy) is 2. The van der Waals surface area contributed by atoms with Crippen molar-refractivity contribution in [2.24, 2.45) is 0 Å². The number of carbonyl (C=O) groups excluding carboxylic acids is 1. The maximum absolute atomic E-state index is 12.6. The number of aryl methyl sites for hydroxylation is 1. The molecule has 0 spiro atoms. The number of hydrogen-bond donors (Lipinski definition) is 2. The molecule has 0 fully saturated rings. The summed E-state index contributed by atoms with van der Waals surface area (Å²) in [6.07, 6.45) is 0. The van der Waals surface area contributed by atoms with E-state index >= 15 is 0 Å². The normalized spacial score (nSPS) is 12.5. The van der Waals surface area contributed by atoms with Crippen LogP contribution in [-0.2, 0) is 0 Å². The number of rotatable bonds is 3. The van der Waals surface area contributed by atoms with Crippen LogP contribution in [0.3, 0.4) is 0 Å². The van der Waals surface area contributed by atoms with Crippen molar-refractivity contribution in [3.8, 4) is 22.1 Å². The molecule has 1 aliphatic rings. The second-order valence-electron chi connectivity index (χ2n) is 6.70. The minimum absolute atomic E-state index is 0.186. The molecule has 0 atom stereocenters. The van der Waals surface area contributed by atoms with Crippen molar-refractivity contribution in [2.75, 3.05) is 18.5 Å². The largest absolute Gasteiger partial charge is 0.486 e. The molecule has 5 rings (SSSR count). The van der Waals surface area contributed by atoms with E-state index < -0.39 is 0 Å². The zero-order chi connectivity index (χ0) is 21.4. The molecule has 2 aromatic heterocycles. The van der Waals surface area contributed by atoms with Crippen LogP contribution in [0, 0.1) is 6.92 Å². The van der Waals surface area contributed by atoms with Gasteiger partial charge in [0.25, 0.3) is 5.91 Å². The van der Waals surface area contributed by atoms with E-state index in [1.807, 2.05) is 31.2 Å². The van der Waals surface area contributed by atoms with Crippen LogP contribution in [0.15, 0.2) is 42.5 Å². The minimum atomic E-state index is -0.338. The summed E-state index contributed by atoms with van der Waals surface area (Å²) < 4.78 is 12.7. The summed E-state index contributed by atoms with van der Waals surface area (Å²) in [4.78, 5) is 13.3. The van der Waals surface area contributed by atoms with Gasteiger partial charge in [-0.1, -0.05) is 23.5 Å². The SMILES string of the molecule is Cc1nnc2sc(-c3cccc(NC(=S)NC(=O)c4ccc5c(c4)OCCO5)c3)nn12. The number of fused-ring (bicyclic) bond motifs is 2. The van der Waals surface area contributed by atoms with Gasteiger partial charge in [-0.2, -0.15) is 9.61 Å². The Balaban J connectivity index is 1.28. The number of benzene rings is 2. The minimum Gasteiger partial charge on any atom is -0.486 e. The summed E-state index contributed by atoms with van der Waals surface area (Å²) in [5.74, 6) is 1.57. The van der Waals surface area contributed by atoms with Crippen LogP contribution in [0.25, 0.3) is 15.5 Å². The molecular weight excluding hydrogens is 436 g/mol. The average molecular weight is 453 g/mol. The van der Waals surface area contributed by atoms with Gasteiger partial charge in [0.2, 0.25) is 4.96 Å². The molecular formula is C20H16N6O3S2. The fourth-order valence-electron chi connectivity index (χ4n) is 3.08. The maximum Gasteiger partial charge on any atom is 0.257 e. The molecule has 3 heterocycles. The smallest absolute Gasteiger partial charge is 0.257 e. The van der Waals surface area contributed by atoms with Crippen LogP contribution < -0.4 is 20.1 Å². The van der Waals surface area contributed by atoms with Crippen molar-refractivity contribution in [3.63, 3.8) is 0 Å². The topological polar surface area (TPSA) is 103 Å². The van der Waals surface area contributed by atoms with E-state index in [1.54, 1.807) is 22.7 Å². The molecule has 0 unspecified atom stereocenters. The zero-order valence-corrected chi connectivity index (χ0v) is 17.9. The molecule has 9 nitrogen and oxygen atoms in total. The summed E-state index contributed by atoms with van der Waals surface area (Å²) in [5.41, 5.74) is 2.06. The second kappa shape index (κ2) is 7.93. The zero-order valence-electron chi connectivity index (χ0n) is 16.3. The van der Waals surface area contributed by atoms with Crippen molar-refractivity contribution < 1.29 is 14.3 Å². The highest BCUT2D eigenvalue weighted by molar-refractivity contribution is 7.80. The first kappa shape index (κ1) is 19.4. The number of thiocarbonyl (C=S) groups is 1. The lowest BCUT2D eigenvalue weighted by atomic mass is 10.2. The Morgan fingerprint density at radius 2 is 1.97 bits per heavy atom. The summed E-state index contributed by atoms with van der Waals surface area (Å²) in [6, 6.07) is 12.6. The van der Waals surface area contributed by atoms with Crippen molar-refractivity contribution in [3.05, 3.63) is 53.9 Å². The Labute approximate surface area is 186 Å². The van der Waals surface area contributed by atoms with E-state index in [1.165, 1.54) is 11.3 Å². The molecule has 0 saturated heterocycles. The third-order valence-electron chi connectivity index (χ3n) is 4.55. The first-order valence-corrected chi connectivity index (χ1v) is 10.6. The van der Waals surface area contributed by atoms with E-state index in [-0.39, 0.29) is 11.0 Å². The van der Waals surface area contributed by atoms with Crippen molar-refractivity contribution in [1.82, 2.24) is 25.1 Å². The highest BCUT2D eigenvalue weighted by Gasteiger charge is 2.16. The van der Waals surface area contributed by atoms with Crippen molar-refractivity contribution >= 4 is 45.2 Å². The predicted octanol–water partition coefficient (Wildman–Crippen LogP) is 3.06. The Kier molecular flexibility index (Phi) is 4.96. The second-order valence-corrected chi connectivity index (χ2v) is 8.06. The number of carbonyl (C=O) groups is 1. The van der Waals surface area contributed by atoms with Crippen molar-refractivity contribution in [1.29, 1.82) is 0 Å². The summed E-state index contributed by atoms with van der Waals surface area (Å²) >= 11 is 6.76.